The number of benzene rings is 1. The van der Waals surface area contributed by atoms with E-state index in [4.69, 9.17) is 4.74 Å². The molecule has 3 rings (SSSR count). The monoisotopic (exact) mass is 293 g/mol. The fourth-order valence-corrected chi connectivity index (χ4v) is 4.60. The molecule has 1 aliphatic heterocycles. The van der Waals surface area contributed by atoms with Gasteiger partial charge in [-0.15, -0.1) is 0 Å². The second-order valence-corrected chi connectivity index (χ2v) is 7.59. The number of hydrogen-bond donors (Lipinski definition) is 1. The molecule has 1 saturated heterocycles. The summed E-state index contributed by atoms with van der Waals surface area (Å²) in [6, 6.07) is 9.56. The molecule has 110 valence electrons. The first-order valence-electron chi connectivity index (χ1n) is 7.50. The van der Waals surface area contributed by atoms with E-state index in [-0.39, 0.29) is 0 Å². The minimum Gasteiger partial charge on any atom is -0.496 e. The molecule has 2 aliphatic rings. The van der Waals surface area contributed by atoms with Crippen molar-refractivity contribution < 1.29 is 8.95 Å². The van der Waals surface area contributed by atoms with Crippen LogP contribution >= 0.6 is 0 Å². The SMILES string of the molecule is COc1ccccc1C1CC(NC2CCS(=O)CC2)C1. The van der Waals surface area contributed by atoms with Gasteiger partial charge in [0.15, 0.2) is 0 Å². The van der Waals surface area contributed by atoms with Crippen molar-refractivity contribution in [2.45, 2.75) is 43.7 Å². The van der Waals surface area contributed by atoms with Crippen LogP contribution in [0.15, 0.2) is 24.3 Å². The molecule has 0 radical (unpaired) electrons. The molecule has 0 unspecified atom stereocenters. The van der Waals surface area contributed by atoms with Crippen LogP contribution in [0, 0.1) is 0 Å². The van der Waals surface area contributed by atoms with E-state index in [1.165, 1.54) is 18.4 Å². The molecule has 1 N–H and O–H groups in total. The third-order valence-corrected chi connectivity index (χ3v) is 5.96. The first-order valence-corrected chi connectivity index (χ1v) is 8.99. The van der Waals surface area contributed by atoms with E-state index in [9.17, 15) is 4.21 Å². The van der Waals surface area contributed by atoms with Gasteiger partial charge in [-0.2, -0.15) is 0 Å². The fraction of sp³-hybridized carbons (Fsp3) is 0.625. The molecule has 4 heteroatoms. The van der Waals surface area contributed by atoms with Gasteiger partial charge in [0.1, 0.15) is 5.75 Å². The highest BCUT2D eigenvalue weighted by Gasteiger charge is 2.33. The van der Waals surface area contributed by atoms with Crippen LogP contribution in [-0.4, -0.2) is 34.9 Å². The summed E-state index contributed by atoms with van der Waals surface area (Å²) >= 11 is 0. The Hall–Kier alpha value is -0.870. The molecule has 2 fully saturated rings. The van der Waals surface area contributed by atoms with E-state index in [2.05, 4.69) is 17.4 Å². The topological polar surface area (TPSA) is 38.3 Å². The molecule has 1 aromatic carbocycles. The normalized spacial score (nSPS) is 33.5. The quantitative estimate of drug-likeness (QED) is 0.926. The van der Waals surface area contributed by atoms with Gasteiger partial charge in [-0.1, -0.05) is 18.2 Å². The van der Waals surface area contributed by atoms with Crippen molar-refractivity contribution in [3.8, 4) is 5.75 Å². The summed E-state index contributed by atoms with van der Waals surface area (Å²) in [7, 11) is 1.19. The van der Waals surface area contributed by atoms with Crippen LogP contribution < -0.4 is 10.1 Å². The molecule has 20 heavy (non-hydrogen) atoms. The van der Waals surface area contributed by atoms with Crippen molar-refractivity contribution >= 4 is 10.8 Å². The minimum atomic E-state index is -0.557. The molecule has 0 amide bonds. The van der Waals surface area contributed by atoms with Crippen LogP contribution in [-0.2, 0) is 10.8 Å². The van der Waals surface area contributed by atoms with Gasteiger partial charge in [0.2, 0.25) is 0 Å². The van der Waals surface area contributed by atoms with Crippen LogP contribution in [0.1, 0.15) is 37.2 Å². The molecular formula is C16H23NO2S. The Kier molecular flexibility index (Phi) is 4.41. The van der Waals surface area contributed by atoms with Gasteiger partial charge in [0, 0.05) is 34.4 Å². The smallest absolute Gasteiger partial charge is 0.122 e. The number of nitrogens with one attached hydrogen (secondary N) is 1. The van der Waals surface area contributed by atoms with E-state index in [1.807, 2.05) is 12.1 Å². The van der Waals surface area contributed by atoms with Crippen LogP contribution in [0.2, 0.25) is 0 Å². The Bertz CT molecular complexity index is 475. The lowest BCUT2D eigenvalue weighted by atomic mass is 9.75. The molecule has 0 spiro atoms. The first-order chi connectivity index (χ1) is 9.76. The van der Waals surface area contributed by atoms with E-state index >= 15 is 0 Å². The summed E-state index contributed by atoms with van der Waals surface area (Å²) in [6.07, 6.45) is 4.53. The predicted molar refractivity (Wildman–Crippen MR) is 82.8 cm³/mol. The molecule has 1 aliphatic carbocycles. The lowest BCUT2D eigenvalue weighted by Gasteiger charge is -2.40. The third-order valence-electron chi connectivity index (χ3n) is 4.58. The lowest BCUT2D eigenvalue weighted by Crippen LogP contribution is -2.47. The predicted octanol–water partition coefficient (Wildman–Crippen LogP) is 2.44. The van der Waals surface area contributed by atoms with Gasteiger partial charge >= 0.3 is 0 Å². The standard InChI is InChI=1S/C16H23NO2S/c1-19-16-5-3-2-4-15(16)12-10-14(11-12)17-13-6-8-20(18)9-7-13/h2-5,12-14,17H,6-11H2,1H3. The van der Waals surface area contributed by atoms with E-state index in [1.54, 1.807) is 7.11 Å². The molecule has 1 saturated carbocycles. The van der Waals surface area contributed by atoms with Gasteiger partial charge in [-0.3, -0.25) is 4.21 Å². The Morgan fingerprint density at radius 3 is 2.55 bits per heavy atom. The van der Waals surface area contributed by atoms with Crippen molar-refractivity contribution in [3.05, 3.63) is 29.8 Å². The van der Waals surface area contributed by atoms with Crippen LogP contribution in [0.25, 0.3) is 0 Å². The van der Waals surface area contributed by atoms with Crippen molar-refractivity contribution in [3.63, 3.8) is 0 Å². The zero-order valence-electron chi connectivity index (χ0n) is 12.0. The van der Waals surface area contributed by atoms with Gasteiger partial charge in [0.05, 0.1) is 7.11 Å². The molecule has 3 nitrogen and oxygen atoms in total. The Balaban J connectivity index is 1.50. The number of ether oxygens (including phenoxy) is 1. The van der Waals surface area contributed by atoms with Crippen molar-refractivity contribution in [2.24, 2.45) is 0 Å². The molecular weight excluding hydrogens is 270 g/mol. The lowest BCUT2D eigenvalue weighted by molar-refractivity contribution is 0.253. The van der Waals surface area contributed by atoms with Gasteiger partial charge < -0.3 is 10.1 Å². The maximum Gasteiger partial charge on any atom is 0.122 e. The molecule has 0 aromatic heterocycles. The number of hydrogen-bond acceptors (Lipinski definition) is 3. The van der Waals surface area contributed by atoms with Gasteiger partial charge in [0.25, 0.3) is 0 Å². The average molecular weight is 293 g/mol. The maximum atomic E-state index is 11.4. The highest BCUT2D eigenvalue weighted by molar-refractivity contribution is 7.85. The summed E-state index contributed by atoms with van der Waals surface area (Å²) in [6.45, 7) is 0. The summed E-state index contributed by atoms with van der Waals surface area (Å²) < 4.78 is 16.8. The number of para-hydroxylation sites is 1. The minimum absolute atomic E-state index is 0.557. The van der Waals surface area contributed by atoms with Crippen molar-refractivity contribution in [2.75, 3.05) is 18.6 Å². The Morgan fingerprint density at radius 2 is 1.85 bits per heavy atom. The fourth-order valence-electron chi connectivity index (χ4n) is 3.31. The van der Waals surface area contributed by atoms with E-state index in [0.29, 0.717) is 18.0 Å². The largest absolute Gasteiger partial charge is 0.496 e. The van der Waals surface area contributed by atoms with Crippen LogP contribution in [0.5, 0.6) is 5.75 Å². The third kappa shape index (κ3) is 3.07. The summed E-state index contributed by atoms with van der Waals surface area (Å²) in [4.78, 5) is 0. The number of methoxy groups -OCH3 is 1. The van der Waals surface area contributed by atoms with Gasteiger partial charge in [-0.05, 0) is 43.2 Å². The summed E-state index contributed by atoms with van der Waals surface area (Å²) in [5, 5.41) is 3.74. The van der Waals surface area contributed by atoms with E-state index < -0.39 is 10.8 Å². The summed E-state index contributed by atoms with van der Waals surface area (Å²) in [5.74, 6) is 3.39. The summed E-state index contributed by atoms with van der Waals surface area (Å²) in [5.41, 5.74) is 1.35. The second kappa shape index (κ2) is 6.27. The number of rotatable bonds is 4. The second-order valence-electron chi connectivity index (χ2n) is 5.90. The molecule has 0 bridgehead atoms. The Morgan fingerprint density at radius 1 is 1.15 bits per heavy atom. The highest BCUT2D eigenvalue weighted by Crippen LogP contribution is 2.41. The zero-order valence-corrected chi connectivity index (χ0v) is 12.8. The molecule has 0 atom stereocenters. The van der Waals surface area contributed by atoms with Crippen LogP contribution in [0.3, 0.4) is 0 Å². The molecule has 1 aromatic rings. The average Bonchev–Trinajstić information content (AvgIpc) is 2.44. The van der Waals surface area contributed by atoms with Crippen molar-refractivity contribution in [1.29, 1.82) is 0 Å². The van der Waals surface area contributed by atoms with Crippen molar-refractivity contribution in [1.82, 2.24) is 5.32 Å². The van der Waals surface area contributed by atoms with Crippen LogP contribution in [0.4, 0.5) is 0 Å². The van der Waals surface area contributed by atoms with E-state index in [0.717, 1.165) is 30.1 Å². The first kappa shape index (κ1) is 14.1. The molecule has 1 heterocycles. The maximum absolute atomic E-state index is 11.4. The zero-order chi connectivity index (χ0) is 13.9. The van der Waals surface area contributed by atoms with Gasteiger partial charge in [-0.25, -0.2) is 0 Å². The Labute approximate surface area is 123 Å². The highest BCUT2D eigenvalue weighted by atomic mass is 32.2.